The molecule has 1 aromatic carbocycles. The molecule has 2 atom stereocenters. The monoisotopic (exact) mass is 265 g/mol. The molecule has 0 saturated heterocycles. The molecule has 1 aromatic rings. The molecule has 0 aliphatic rings. The van der Waals surface area contributed by atoms with E-state index in [2.05, 4.69) is 5.32 Å². The molecule has 1 unspecified atom stereocenters. The predicted molar refractivity (Wildman–Crippen MR) is 74.9 cm³/mol. The van der Waals surface area contributed by atoms with Crippen molar-refractivity contribution in [3.05, 3.63) is 35.9 Å². The van der Waals surface area contributed by atoms with Crippen LogP contribution in [0.25, 0.3) is 0 Å². The summed E-state index contributed by atoms with van der Waals surface area (Å²) in [6.45, 7) is 7.16. The van der Waals surface area contributed by atoms with Gasteiger partial charge >= 0.3 is 6.09 Å². The van der Waals surface area contributed by atoms with E-state index in [0.717, 1.165) is 5.56 Å². The van der Waals surface area contributed by atoms with Gasteiger partial charge < -0.3 is 15.2 Å². The maximum atomic E-state index is 11.8. The van der Waals surface area contributed by atoms with Gasteiger partial charge in [0.15, 0.2) is 0 Å². The quantitative estimate of drug-likeness (QED) is 0.879. The molecule has 2 N–H and O–H groups in total. The lowest BCUT2D eigenvalue weighted by atomic mass is 10.0. The van der Waals surface area contributed by atoms with Crippen LogP contribution in [0, 0.1) is 0 Å². The van der Waals surface area contributed by atoms with Gasteiger partial charge in [-0.05, 0) is 39.7 Å². The normalized spacial score (nSPS) is 14.6. The summed E-state index contributed by atoms with van der Waals surface area (Å²) in [7, 11) is 0. The Kier molecular flexibility index (Phi) is 5.36. The minimum absolute atomic E-state index is 0.254. The highest BCUT2D eigenvalue weighted by molar-refractivity contribution is 5.68. The Morgan fingerprint density at radius 2 is 1.89 bits per heavy atom. The first kappa shape index (κ1) is 15.5. The Labute approximate surface area is 114 Å². The maximum Gasteiger partial charge on any atom is 0.408 e. The summed E-state index contributed by atoms with van der Waals surface area (Å²) in [6.07, 6.45) is -0.523. The molecule has 106 valence electrons. The van der Waals surface area contributed by atoms with Crippen LogP contribution in [0.4, 0.5) is 4.79 Å². The van der Waals surface area contributed by atoms with Crippen molar-refractivity contribution >= 4 is 6.09 Å². The van der Waals surface area contributed by atoms with Crippen LogP contribution in [0.2, 0.25) is 0 Å². The van der Waals surface area contributed by atoms with Crippen molar-refractivity contribution in [3.63, 3.8) is 0 Å². The number of nitrogens with one attached hydrogen (secondary N) is 1. The maximum absolute atomic E-state index is 11.8. The summed E-state index contributed by atoms with van der Waals surface area (Å²) in [5, 5.41) is 12.3. The van der Waals surface area contributed by atoms with E-state index in [9.17, 15) is 9.90 Å². The van der Waals surface area contributed by atoms with Gasteiger partial charge in [0.05, 0.1) is 12.1 Å². The van der Waals surface area contributed by atoms with Gasteiger partial charge in [-0.3, -0.25) is 0 Å². The van der Waals surface area contributed by atoms with Crippen LogP contribution in [0.3, 0.4) is 0 Å². The second-order valence-corrected chi connectivity index (χ2v) is 5.69. The number of carbonyl (C=O) groups is 1. The number of aliphatic hydroxyl groups excluding tert-OH is 1. The summed E-state index contributed by atoms with van der Waals surface area (Å²) >= 11 is 0. The number of benzene rings is 1. The van der Waals surface area contributed by atoms with Crippen LogP contribution in [0.15, 0.2) is 30.3 Å². The van der Waals surface area contributed by atoms with E-state index in [1.165, 1.54) is 0 Å². The third-order valence-electron chi connectivity index (χ3n) is 2.47. The van der Waals surface area contributed by atoms with E-state index in [-0.39, 0.29) is 6.04 Å². The Morgan fingerprint density at radius 1 is 1.32 bits per heavy atom. The molecule has 0 fully saturated rings. The molecule has 19 heavy (non-hydrogen) atoms. The second kappa shape index (κ2) is 6.57. The minimum atomic E-state index is -0.532. The summed E-state index contributed by atoms with van der Waals surface area (Å²) < 4.78 is 5.24. The number of carbonyl (C=O) groups excluding carboxylic acids is 1. The van der Waals surface area contributed by atoms with Crippen LogP contribution in [-0.4, -0.2) is 22.9 Å². The Hall–Kier alpha value is -1.55. The van der Waals surface area contributed by atoms with Gasteiger partial charge in [0.2, 0.25) is 0 Å². The third kappa shape index (κ3) is 6.25. The van der Waals surface area contributed by atoms with Gasteiger partial charge in [0.25, 0.3) is 0 Å². The molecule has 0 aliphatic heterocycles. The molecular weight excluding hydrogens is 242 g/mol. The lowest BCUT2D eigenvalue weighted by molar-refractivity contribution is 0.0486. The van der Waals surface area contributed by atoms with Gasteiger partial charge in [0, 0.05) is 0 Å². The van der Waals surface area contributed by atoms with Crippen molar-refractivity contribution in [3.8, 4) is 0 Å². The zero-order chi connectivity index (χ0) is 14.5. The van der Waals surface area contributed by atoms with Crippen molar-refractivity contribution in [2.45, 2.75) is 51.9 Å². The van der Waals surface area contributed by atoms with Gasteiger partial charge in [-0.15, -0.1) is 0 Å². The van der Waals surface area contributed by atoms with E-state index in [1.54, 1.807) is 6.92 Å². The summed E-state index contributed by atoms with van der Waals surface area (Å²) in [5.41, 5.74) is 0.421. The number of hydrogen-bond acceptors (Lipinski definition) is 3. The highest BCUT2D eigenvalue weighted by Gasteiger charge is 2.21. The van der Waals surface area contributed by atoms with Crippen LogP contribution in [0.5, 0.6) is 0 Å². The van der Waals surface area contributed by atoms with Crippen LogP contribution in [0.1, 0.15) is 45.7 Å². The molecule has 1 rings (SSSR count). The predicted octanol–water partition coefficient (Wildman–Crippen LogP) is 3.02. The molecule has 0 bridgehead atoms. The van der Waals surface area contributed by atoms with E-state index in [4.69, 9.17) is 4.74 Å². The third-order valence-corrected chi connectivity index (χ3v) is 2.47. The first-order valence-electron chi connectivity index (χ1n) is 6.50. The first-order valence-corrected chi connectivity index (χ1v) is 6.50. The topological polar surface area (TPSA) is 58.6 Å². The van der Waals surface area contributed by atoms with E-state index < -0.39 is 17.8 Å². The Bertz CT molecular complexity index is 396. The SMILES string of the molecule is CC(O)C[C@H](NC(=O)OC(C)(C)C)c1ccccc1. The number of hydrogen-bond donors (Lipinski definition) is 2. The lowest BCUT2D eigenvalue weighted by Gasteiger charge is -2.24. The number of aliphatic hydroxyl groups is 1. The lowest BCUT2D eigenvalue weighted by Crippen LogP contribution is -2.36. The Balaban J connectivity index is 2.73. The zero-order valence-corrected chi connectivity index (χ0v) is 12.0. The van der Waals surface area contributed by atoms with Crippen molar-refractivity contribution in [1.29, 1.82) is 0 Å². The van der Waals surface area contributed by atoms with Crippen LogP contribution in [-0.2, 0) is 4.74 Å². The molecule has 0 aliphatic carbocycles. The second-order valence-electron chi connectivity index (χ2n) is 5.69. The van der Waals surface area contributed by atoms with E-state index in [1.807, 2.05) is 51.1 Å². The average molecular weight is 265 g/mol. The molecule has 0 radical (unpaired) electrons. The van der Waals surface area contributed by atoms with Crippen LogP contribution >= 0.6 is 0 Å². The molecule has 4 nitrogen and oxygen atoms in total. The van der Waals surface area contributed by atoms with Crippen molar-refractivity contribution in [2.24, 2.45) is 0 Å². The van der Waals surface area contributed by atoms with Gasteiger partial charge in [0.1, 0.15) is 5.60 Å². The molecule has 0 heterocycles. The largest absolute Gasteiger partial charge is 0.444 e. The summed E-state index contributed by atoms with van der Waals surface area (Å²) in [6, 6.07) is 9.31. The summed E-state index contributed by atoms with van der Waals surface area (Å²) in [5.74, 6) is 0. The minimum Gasteiger partial charge on any atom is -0.444 e. The molecule has 1 amide bonds. The molecule has 4 heteroatoms. The van der Waals surface area contributed by atoms with Gasteiger partial charge in [-0.25, -0.2) is 4.79 Å². The first-order chi connectivity index (χ1) is 8.78. The fourth-order valence-corrected chi connectivity index (χ4v) is 1.75. The number of ether oxygens (including phenoxy) is 1. The standard InChI is InChI=1S/C15H23NO3/c1-11(17)10-13(12-8-6-5-7-9-12)16-14(18)19-15(2,3)4/h5-9,11,13,17H,10H2,1-4H3,(H,16,18)/t11?,13-/m0/s1. The zero-order valence-electron chi connectivity index (χ0n) is 12.0. The number of amides is 1. The Morgan fingerprint density at radius 3 is 2.37 bits per heavy atom. The van der Waals surface area contributed by atoms with Crippen molar-refractivity contribution < 1.29 is 14.6 Å². The summed E-state index contributed by atoms with van der Waals surface area (Å²) in [4.78, 5) is 11.8. The van der Waals surface area contributed by atoms with Crippen molar-refractivity contribution in [1.82, 2.24) is 5.32 Å². The smallest absolute Gasteiger partial charge is 0.408 e. The van der Waals surface area contributed by atoms with Gasteiger partial charge in [-0.1, -0.05) is 30.3 Å². The fourth-order valence-electron chi connectivity index (χ4n) is 1.75. The highest BCUT2D eigenvalue weighted by Crippen LogP contribution is 2.19. The average Bonchev–Trinajstić information content (AvgIpc) is 2.26. The molecule has 0 aromatic heterocycles. The van der Waals surface area contributed by atoms with Gasteiger partial charge in [-0.2, -0.15) is 0 Å². The van der Waals surface area contributed by atoms with Crippen LogP contribution < -0.4 is 5.32 Å². The highest BCUT2D eigenvalue weighted by atomic mass is 16.6. The fraction of sp³-hybridized carbons (Fsp3) is 0.533. The molecule has 0 spiro atoms. The number of rotatable bonds is 4. The van der Waals surface area contributed by atoms with E-state index in [0.29, 0.717) is 6.42 Å². The van der Waals surface area contributed by atoms with Crippen molar-refractivity contribution in [2.75, 3.05) is 0 Å². The number of alkyl carbamates (subject to hydrolysis) is 1. The van der Waals surface area contributed by atoms with E-state index >= 15 is 0 Å². The molecular formula is C15H23NO3. The molecule has 0 saturated carbocycles.